The number of quaternary nitrogens is 1. The Morgan fingerprint density at radius 3 is 1.89 bits per heavy atom. The van der Waals surface area contributed by atoms with Crippen LogP contribution < -0.4 is 5.11 Å². The number of hydrogen-bond acceptors (Lipinski definition) is 2. The molecule has 0 aromatic carbocycles. The second-order valence-corrected chi connectivity index (χ2v) is 2.16. The van der Waals surface area contributed by atoms with Crippen molar-refractivity contribution in [3.63, 3.8) is 0 Å². The molecule has 9 heavy (non-hydrogen) atoms. The standard InChI is InChI=1S/C6H15NO2/c1-3-7(9,4-2)5-6-8/h9H,3-6H2,1-2H3. The minimum atomic E-state index is -0.196. The van der Waals surface area contributed by atoms with E-state index in [1.54, 1.807) is 0 Å². The van der Waals surface area contributed by atoms with Crippen LogP contribution in [0.25, 0.3) is 0 Å². The summed E-state index contributed by atoms with van der Waals surface area (Å²) in [5.41, 5.74) is 0. The lowest BCUT2D eigenvalue weighted by Gasteiger charge is -2.28. The molecule has 1 N–H and O–H groups in total. The molecule has 0 bridgehead atoms. The summed E-state index contributed by atoms with van der Waals surface area (Å²) in [7, 11) is 0. The Morgan fingerprint density at radius 1 is 1.33 bits per heavy atom. The molecule has 3 nitrogen and oxygen atoms in total. The van der Waals surface area contributed by atoms with Crippen molar-refractivity contribution in [3.05, 3.63) is 0 Å². The van der Waals surface area contributed by atoms with Crippen molar-refractivity contribution in [2.24, 2.45) is 0 Å². The van der Waals surface area contributed by atoms with E-state index >= 15 is 0 Å². The van der Waals surface area contributed by atoms with E-state index in [9.17, 15) is 10.3 Å². The molecular weight excluding hydrogens is 118 g/mol. The van der Waals surface area contributed by atoms with Gasteiger partial charge in [0.1, 0.15) is 13.1 Å². The third-order valence-corrected chi connectivity index (χ3v) is 1.68. The Kier molecular flexibility index (Phi) is 3.77. The van der Waals surface area contributed by atoms with E-state index in [1.165, 1.54) is 0 Å². The third-order valence-electron chi connectivity index (χ3n) is 1.68. The zero-order chi connectivity index (χ0) is 7.33. The molecule has 56 valence electrons. The number of likely N-dealkylation sites (N-methyl/N-ethyl adjacent to an activating group) is 1. The molecule has 0 heterocycles. The number of hydrogen-bond donors (Lipinski definition) is 1. The zero-order valence-electron chi connectivity index (χ0n) is 6.13. The number of nitrogens with zero attached hydrogens (tertiary/aromatic N) is 1. The van der Waals surface area contributed by atoms with Gasteiger partial charge < -0.3 is 5.11 Å². The molecular formula is C6H15NO2. The Labute approximate surface area is 56.1 Å². The first-order chi connectivity index (χ1) is 4.18. The molecule has 0 fully saturated rings. The van der Waals surface area contributed by atoms with Crippen LogP contribution in [0.5, 0.6) is 0 Å². The summed E-state index contributed by atoms with van der Waals surface area (Å²) >= 11 is 0. The minimum Gasteiger partial charge on any atom is -0.850 e. The average Bonchev–Trinajstić information content (AvgIpc) is 1.89. The summed E-state index contributed by atoms with van der Waals surface area (Å²) in [6.07, 6.45) is 0. The van der Waals surface area contributed by atoms with Crippen LogP contribution in [0.2, 0.25) is 0 Å². The molecule has 0 unspecified atom stereocenters. The highest BCUT2D eigenvalue weighted by Crippen LogP contribution is 1.96. The molecule has 0 aromatic heterocycles. The predicted octanol–water partition coefficient (Wildman–Crippen LogP) is -0.407. The van der Waals surface area contributed by atoms with Crippen molar-refractivity contribution in [1.29, 1.82) is 0 Å². The Morgan fingerprint density at radius 2 is 1.78 bits per heavy atom. The lowest BCUT2D eigenvalue weighted by atomic mass is 10.5. The van der Waals surface area contributed by atoms with Gasteiger partial charge in [0.25, 0.3) is 0 Å². The van der Waals surface area contributed by atoms with Crippen molar-refractivity contribution in [1.82, 2.24) is 0 Å². The SMILES string of the molecule is CC[N+](O)(CC)CC[O-]. The van der Waals surface area contributed by atoms with Gasteiger partial charge in [0.15, 0.2) is 0 Å². The maximum atomic E-state index is 10.1. The minimum absolute atomic E-state index is 0.0799. The van der Waals surface area contributed by atoms with Crippen molar-refractivity contribution in [2.75, 3.05) is 26.2 Å². The number of hydroxylamine groups is 3. The van der Waals surface area contributed by atoms with Crippen molar-refractivity contribution in [3.8, 4) is 0 Å². The fraction of sp³-hybridized carbons (Fsp3) is 1.00. The molecule has 0 saturated carbocycles. The van der Waals surface area contributed by atoms with Crippen LogP contribution in [-0.4, -0.2) is 36.1 Å². The summed E-state index contributed by atoms with van der Waals surface area (Å²) in [6, 6.07) is 0. The van der Waals surface area contributed by atoms with E-state index in [4.69, 9.17) is 0 Å². The Bertz CT molecular complexity index is 71.5. The van der Waals surface area contributed by atoms with Crippen molar-refractivity contribution in [2.45, 2.75) is 13.8 Å². The molecule has 0 aliphatic heterocycles. The summed E-state index contributed by atoms with van der Waals surface area (Å²) in [6.45, 7) is 5.13. The summed E-state index contributed by atoms with van der Waals surface area (Å²) in [5, 5.41) is 19.5. The van der Waals surface area contributed by atoms with Gasteiger partial charge in [0, 0.05) is 0 Å². The van der Waals surface area contributed by atoms with E-state index in [-0.39, 0.29) is 11.3 Å². The topological polar surface area (TPSA) is 43.3 Å². The summed E-state index contributed by atoms with van der Waals surface area (Å²) in [4.78, 5) is 0. The summed E-state index contributed by atoms with van der Waals surface area (Å²) < 4.78 is -0.0799. The number of rotatable bonds is 4. The van der Waals surface area contributed by atoms with Crippen molar-refractivity contribution >= 4 is 0 Å². The maximum absolute atomic E-state index is 10.1. The van der Waals surface area contributed by atoms with Gasteiger partial charge in [-0.15, -0.1) is 0 Å². The van der Waals surface area contributed by atoms with Crippen LogP contribution in [0, 0.1) is 0 Å². The monoisotopic (exact) mass is 133 g/mol. The van der Waals surface area contributed by atoms with Gasteiger partial charge in [0.2, 0.25) is 0 Å². The fourth-order valence-corrected chi connectivity index (χ4v) is 0.710. The van der Waals surface area contributed by atoms with E-state index < -0.39 is 0 Å². The third kappa shape index (κ3) is 2.79. The molecule has 0 aliphatic rings. The maximum Gasteiger partial charge on any atom is 0.106 e. The van der Waals surface area contributed by atoms with Crippen LogP contribution >= 0.6 is 0 Å². The Hall–Kier alpha value is -0.120. The Balaban J connectivity index is 3.62. The molecule has 3 heteroatoms. The highest BCUT2D eigenvalue weighted by atomic mass is 16.5. The second kappa shape index (κ2) is 3.82. The fourth-order valence-electron chi connectivity index (χ4n) is 0.710. The first-order valence-corrected chi connectivity index (χ1v) is 3.35. The molecule has 0 radical (unpaired) electrons. The van der Waals surface area contributed by atoms with E-state index in [0.717, 1.165) is 0 Å². The van der Waals surface area contributed by atoms with Gasteiger partial charge in [-0.05, 0) is 13.8 Å². The zero-order valence-corrected chi connectivity index (χ0v) is 6.13. The molecule has 0 aliphatic carbocycles. The van der Waals surface area contributed by atoms with E-state index in [1.807, 2.05) is 13.8 Å². The van der Waals surface area contributed by atoms with Gasteiger partial charge in [-0.2, -0.15) is 4.65 Å². The molecule has 0 amide bonds. The predicted molar refractivity (Wildman–Crippen MR) is 32.9 cm³/mol. The van der Waals surface area contributed by atoms with Gasteiger partial charge in [-0.1, -0.05) is 6.61 Å². The van der Waals surface area contributed by atoms with Gasteiger partial charge in [0.05, 0.1) is 6.54 Å². The van der Waals surface area contributed by atoms with Gasteiger partial charge in [-0.25, -0.2) is 5.21 Å². The molecule has 0 aromatic rings. The largest absolute Gasteiger partial charge is 0.850 e. The molecule has 0 saturated heterocycles. The smallest absolute Gasteiger partial charge is 0.106 e. The van der Waals surface area contributed by atoms with Gasteiger partial charge in [-0.3, -0.25) is 0 Å². The van der Waals surface area contributed by atoms with Crippen LogP contribution in [0.15, 0.2) is 0 Å². The highest BCUT2D eigenvalue weighted by Gasteiger charge is 2.16. The van der Waals surface area contributed by atoms with Gasteiger partial charge >= 0.3 is 0 Å². The first-order valence-electron chi connectivity index (χ1n) is 3.35. The quantitative estimate of drug-likeness (QED) is 0.418. The average molecular weight is 133 g/mol. The first kappa shape index (κ1) is 8.88. The van der Waals surface area contributed by atoms with Crippen LogP contribution in [0.4, 0.5) is 0 Å². The van der Waals surface area contributed by atoms with Crippen LogP contribution in [0.3, 0.4) is 0 Å². The normalized spacial score (nSPS) is 12.0. The molecule has 0 atom stereocenters. The van der Waals surface area contributed by atoms with Crippen LogP contribution in [0.1, 0.15) is 13.8 Å². The lowest BCUT2D eigenvalue weighted by Crippen LogP contribution is -2.48. The molecule has 0 spiro atoms. The van der Waals surface area contributed by atoms with E-state index in [0.29, 0.717) is 19.6 Å². The summed E-state index contributed by atoms with van der Waals surface area (Å²) in [5.74, 6) is 0. The molecule has 0 rings (SSSR count). The second-order valence-electron chi connectivity index (χ2n) is 2.16. The van der Waals surface area contributed by atoms with Crippen molar-refractivity contribution < 1.29 is 15.0 Å². The lowest BCUT2D eigenvalue weighted by molar-refractivity contribution is -1.10. The highest BCUT2D eigenvalue weighted by molar-refractivity contribution is 4.24. The van der Waals surface area contributed by atoms with E-state index in [2.05, 4.69) is 0 Å². The van der Waals surface area contributed by atoms with Crippen LogP contribution in [-0.2, 0) is 0 Å².